The zero-order valence-corrected chi connectivity index (χ0v) is 21.2. The van der Waals surface area contributed by atoms with Crippen molar-refractivity contribution >= 4 is 50.7 Å². The van der Waals surface area contributed by atoms with Crippen LogP contribution >= 0.6 is 42.4 Å². The van der Waals surface area contributed by atoms with Crippen molar-refractivity contribution in [2.75, 3.05) is 19.4 Å². The summed E-state index contributed by atoms with van der Waals surface area (Å²) in [6.45, 7) is 12.8. The van der Waals surface area contributed by atoms with E-state index in [9.17, 15) is 4.57 Å². The Balaban J connectivity index is 4.97. The quantitative estimate of drug-likeness (QED) is 0.151. The molecule has 0 fully saturated rings. The summed E-state index contributed by atoms with van der Waals surface area (Å²) in [5.41, 5.74) is 0. The maximum Gasteiger partial charge on any atom is 0.330 e. The molecular weight excluding hydrogens is 434 g/mol. The standard InChI is InChI=1S/C17H36Cl3O4PSi/c1-7-22-25(21,23-8-2)14-15(6)12-13-16(17(18,19)20)24-26(9-3,10-4)11-5/h15-16H,7-14H2,1-6H3/t15-,16-/m1/s1. The molecule has 158 valence electrons. The van der Waals surface area contributed by atoms with Gasteiger partial charge in [0.05, 0.1) is 25.5 Å². The maximum atomic E-state index is 12.7. The van der Waals surface area contributed by atoms with Gasteiger partial charge in [-0.05, 0) is 50.7 Å². The first-order valence-electron chi connectivity index (χ1n) is 9.64. The number of halogens is 3. The largest absolute Gasteiger partial charge is 0.410 e. The fourth-order valence-electron chi connectivity index (χ4n) is 3.04. The molecule has 0 N–H and O–H groups in total. The van der Waals surface area contributed by atoms with Crippen LogP contribution in [0.4, 0.5) is 0 Å². The molecule has 0 spiro atoms. The molecule has 26 heavy (non-hydrogen) atoms. The molecule has 0 rings (SSSR count). The van der Waals surface area contributed by atoms with Gasteiger partial charge in [0.15, 0.2) is 8.32 Å². The Hall–Kier alpha value is 1.20. The van der Waals surface area contributed by atoms with Gasteiger partial charge in [-0.1, -0.05) is 62.5 Å². The first-order valence-corrected chi connectivity index (χ1v) is 15.0. The minimum atomic E-state index is -3.07. The Morgan fingerprint density at radius 2 is 1.38 bits per heavy atom. The van der Waals surface area contributed by atoms with Crippen molar-refractivity contribution in [3.05, 3.63) is 0 Å². The summed E-state index contributed by atoms with van der Waals surface area (Å²) in [5, 5.41) is 0. The average Bonchev–Trinajstić information content (AvgIpc) is 2.55. The Morgan fingerprint density at radius 3 is 1.73 bits per heavy atom. The lowest BCUT2D eigenvalue weighted by atomic mass is 10.1. The average molecular weight is 470 g/mol. The second-order valence-corrected chi connectivity index (χ2v) is 15.9. The minimum Gasteiger partial charge on any atom is -0.410 e. The lowest BCUT2D eigenvalue weighted by Gasteiger charge is -2.36. The molecule has 0 bridgehead atoms. The number of hydrogen-bond acceptors (Lipinski definition) is 4. The van der Waals surface area contributed by atoms with E-state index in [0.29, 0.717) is 25.8 Å². The van der Waals surface area contributed by atoms with E-state index in [1.54, 1.807) is 0 Å². The van der Waals surface area contributed by atoms with E-state index in [4.69, 9.17) is 48.3 Å². The summed E-state index contributed by atoms with van der Waals surface area (Å²) in [7, 11) is -4.96. The van der Waals surface area contributed by atoms with Gasteiger partial charge in [-0.3, -0.25) is 4.57 Å². The molecule has 0 aromatic heterocycles. The highest BCUT2D eigenvalue weighted by molar-refractivity contribution is 7.53. The summed E-state index contributed by atoms with van der Waals surface area (Å²) in [4.78, 5) is 0. The van der Waals surface area contributed by atoms with Crippen LogP contribution in [-0.4, -0.2) is 37.6 Å². The highest BCUT2D eigenvalue weighted by atomic mass is 35.6. The van der Waals surface area contributed by atoms with Crippen molar-refractivity contribution in [1.82, 2.24) is 0 Å². The molecule has 0 amide bonds. The van der Waals surface area contributed by atoms with Gasteiger partial charge in [-0.25, -0.2) is 0 Å². The molecule has 0 unspecified atom stereocenters. The Morgan fingerprint density at radius 1 is 0.923 bits per heavy atom. The van der Waals surface area contributed by atoms with Gasteiger partial charge in [-0.15, -0.1) is 0 Å². The Labute approximate surface area is 176 Å². The highest BCUT2D eigenvalue weighted by Crippen LogP contribution is 2.50. The predicted octanol–water partition coefficient (Wildman–Crippen LogP) is 7.43. The van der Waals surface area contributed by atoms with Crippen molar-refractivity contribution < 1.29 is 18.0 Å². The molecule has 0 aliphatic carbocycles. The van der Waals surface area contributed by atoms with Crippen LogP contribution in [0.15, 0.2) is 0 Å². The van der Waals surface area contributed by atoms with E-state index >= 15 is 0 Å². The summed E-state index contributed by atoms with van der Waals surface area (Å²) in [5.74, 6) is 0.110. The lowest BCUT2D eigenvalue weighted by molar-refractivity contribution is 0.170. The van der Waals surface area contributed by atoms with Gasteiger partial charge in [0.2, 0.25) is 3.79 Å². The monoisotopic (exact) mass is 468 g/mol. The second kappa shape index (κ2) is 12.7. The van der Waals surface area contributed by atoms with Gasteiger partial charge in [0, 0.05) is 0 Å². The first kappa shape index (κ1) is 27.2. The molecule has 0 aromatic rings. The van der Waals surface area contributed by atoms with Crippen LogP contribution in [0, 0.1) is 5.92 Å². The van der Waals surface area contributed by atoms with Gasteiger partial charge in [0.1, 0.15) is 0 Å². The van der Waals surface area contributed by atoms with E-state index in [1.807, 2.05) is 20.8 Å². The Kier molecular flexibility index (Phi) is 13.3. The van der Waals surface area contributed by atoms with Crippen LogP contribution in [0.1, 0.15) is 54.4 Å². The van der Waals surface area contributed by atoms with Gasteiger partial charge < -0.3 is 13.5 Å². The fourth-order valence-corrected chi connectivity index (χ4v) is 8.64. The van der Waals surface area contributed by atoms with Crippen LogP contribution in [0.25, 0.3) is 0 Å². The number of hydrogen-bond donors (Lipinski definition) is 0. The van der Waals surface area contributed by atoms with E-state index in [-0.39, 0.29) is 5.92 Å². The minimum absolute atomic E-state index is 0.110. The third-order valence-corrected chi connectivity index (χ3v) is 12.6. The van der Waals surface area contributed by atoms with Crippen molar-refractivity contribution in [3.63, 3.8) is 0 Å². The topological polar surface area (TPSA) is 44.8 Å². The Bertz CT molecular complexity index is 412. The smallest absolute Gasteiger partial charge is 0.330 e. The van der Waals surface area contributed by atoms with E-state index in [1.165, 1.54) is 0 Å². The SMILES string of the molecule is CCOP(=O)(C[C@H](C)CC[C@@H](O[Si](CC)(CC)CC)C(Cl)(Cl)Cl)OCC. The van der Waals surface area contributed by atoms with Crippen LogP contribution in [0.5, 0.6) is 0 Å². The molecule has 0 radical (unpaired) electrons. The van der Waals surface area contributed by atoms with Crippen LogP contribution < -0.4 is 0 Å². The molecule has 0 aliphatic rings. The molecule has 0 heterocycles. The lowest BCUT2D eigenvalue weighted by Crippen LogP contribution is -2.44. The van der Waals surface area contributed by atoms with E-state index < -0.39 is 25.8 Å². The van der Waals surface area contributed by atoms with Gasteiger partial charge >= 0.3 is 7.60 Å². The molecule has 2 atom stereocenters. The zero-order valence-electron chi connectivity index (χ0n) is 17.0. The molecule has 9 heteroatoms. The van der Waals surface area contributed by atoms with Crippen molar-refractivity contribution in [3.8, 4) is 0 Å². The van der Waals surface area contributed by atoms with Crippen molar-refractivity contribution in [2.45, 2.75) is 82.4 Å². The van der Waals surface area contributed by atoms with Crippen LogP contribution in [0.2, 0.25) is 18.1 Å². The highest BCUT2D eigenvalue weighted by Gasteiger charge is 2.40. The molecule has 0 saturated carbocycles. The summed E-state index contributed by atoms with van der Waals surface area (Å²) in [6.07, 6.45) is 1.23. The molecule has 0 aliphatic heterocycles. The van der Waals surface area contributed by atoms with Crippen molar-refractivity contribution in [2.24, 2.45) is 5.92 Å². The second-order valence-electron chi connectivity index (χ2n) is 6.70. The third-order valence-electron chi connectivity index (χ3n) is 4.80. The first-order chi connectivity index (χ1) is 12.0. The van der Waals surface area contributed by atoms with Crippen molar-refractivity contribution in [1.29, 1.82) is 0 Å². The summed E-state index contributed by atoms with van der Waals surface area (Å²) < 4.78 is 28.4. The molecule has 0 aromatic carbocycles. The summed E-state index contributed by atoms with van der Waals surface area (Å²) >= 11 is 18.6. The summed E-state index contributed by atoms with van der Waals surface area (Å²) in [6, 6.07) is 2.99. The maximum absolute atomic E-state index is 12.7. The van der Waals surface area contributed by atoms with E-state index in [0.717, 1.165) is 24.6 Å². The predicted molar refractivity (Wildman–Crippen MR) is 116 cm³/mol. The van der Waals surface area contributed by atoms with E-state index in [2.05, 4.69) is 20.8 Å². The molecular formula is C17H36Cl3O4PSi. The third kappa shape index (κ3) is 9.60. The van der Waals surface area contributed by atoms with Gasteiger partial charge in [0.25, 0.3) is 0 Å². The fraction of sp³-hybridized carbons (Fsp3) is 1.00. The molecule has 4 nitrogen and oxygen atoms in total. The molecule has 0 saturated heterocycles. The van der Waals surface area contributed by atoms with Crippen LogP contribution in [0.3, 0.4) is 0 Å². The zero-order chi connectivity index (χ0) is 20.4. The number of rotatable bonds is 14. The van der Waals surface area contributed by atoms with Gasteiger partial charge in [-0.2, -0.15) is 0 Å². The number of alkyl halides is 3. The van der Waals surface area contributed by atoms with Crippen LogP contribution in [-0.2, 0) is 18.0 Å². The normalized spacial score (nSPS) is 15.9.